The van der Waals surface area contributed by atoms with Crippen LogP contribution in [0.1, 0.15) is 36.2 Å². The van der Waals surface area contributed by atoms with Gasteiger partial charge in [0.2, 0.25) is 0 Å². The minimum atomic E-state index is -1.34. The molecule has 0 bridgehead atoms. The van der Waals surface area contributed by atoms with E-state index in [1.165, 1.54) is 17.0 Å². The Hall–Kier alpha value is -2.70. The van der Waals surface area contributed by atoms with Crippen LogP contribution in [-0.4, -0.2) is 81.3 Å². The lowest BCUT2D eigenvalue weighted by Crippen LogP contribution is -2.68. The largest absolute Gasteiger partial charge is 0.396 e. The van der Waals surface area contributed by atoms with Crippen molar-refractivity contribution < 1.29 is 38.4 Å². The summed E-state index contributed by atoms with van der Waals surface area (Å²) in [5.41, 5.74) is -1.57. The normalized spacial score (nSPS) is 24.2. The zero-order valence-electron chi connectivity index (χ0n) is 21.0. The SMILES string of the molecule is CC.Cc1ccc(Nc2c(C(=O)N3CC(O)(CNC4CC(CO)C(O)C4O)C3)ccc(F)c2F)c(F)c1. The van der Waals surface area contributed by atoms with Gasteiger partial charge in [-0.1, -0.05) is 19.9 Å². The molecule has 4 atom stereocenters. The van der Waals surface area contributed by atoms with E-state index in [-0.39, 0.29) is 37.5 Å². The number of aryl methyl sites for hydroxylation is 1. The van der Waals surface area contributed by atoms with Crippen molar-refractivity contribution in [2.24, 2.45) is 5.92 Å². The Morgan fingerprint density at radius 2 is 1.76 bits per heavy atom. The fraction of sp³-hybridized carbons (Fsp3) is 0.500. The standard InChI is InChI=1S/C24H28F3N3O5.C2H6/c1-12-2-5-17(16(26)6-12)29-20-14(3-4-15(25)19(20)27)23(34)30-10-24(35,11-30)9-28-18-7-13(8-31)21(32)22(18)33;1-2/h2-6,13,18,21-22,28-29,31-33,35H,7-11H2,1H3;1-2H3. The molecule has 6 N–H and O–H groups in total. The van der Waals surface area contributed by atoms with E-state index in [9.17, 15) is 38.4 Å². The van der Waals surface area contributed by atoms with Crippen LogP contribution in [0.3, 0.4) is 0 Å². The Labute approximate surface area is 213 Å². The highest BCUT2D eigenvalue weighted by atomic mass is 19.2. The Morgan fingerprint density at radius 3 is 2.35 bits per heavy atom. The molecule has 204 valence electrons. The molecule has 2 aliphatic rings. The maximum absolute atomic E-state index is 14.6. The third-order valence-corrected chi connectivity index (χ3v) is 6.70. The van der Waals surface area contributed by atoms with Crippen molar-refractivity contribution in [3.05, 3.63) is 58.9 Å². The summed E-state index contributed by atoms with van der Waals surface area (Å²) in [6.45, 7) is 5.15. The van der Waals surface area contributed by atoms with Crippen molar-refractivity contribution in [1.29, 1.82) is 0 Å². The number of carbonyl (C=O) groups excluding carboxylic acids is 1. The van der Waals surface area contributed by atoms with Gasteiger partial charge in [-0.05, 0) is 43.2 Å². The number of amides is 1. The highest BCUT2D eigenvalue weighted by Gasteiger charge is 2.47. The number of hydrogen-bond donors (Lipinski definition) is 6. The summed E-state index contributed by atoms with van der Waals surface area (Å²) in [6, 6.07) is 5.50. The molecule has 1 heterocycles. The van der Waals surface area contributed by atoms with Crippen LogP contribution in [0.5, 0.6) is 0 Å². The molecule has 1 amide bonds. The fourth-order valence-electron chi connectivity index (χ4n) is 4.63. The second-order valence-corrected chi connectivity index (χ2v) is 9.42. The summed E-state index contributed by atoms with van der Waals surface area (Å²) in [6.07, 6.45) is -1.87. The number of hydrogen-bond acceptors (Lipinski definition) is 7. The third kappa shape index (κ3) is 6.07. The number of nitrogens with one attached hydrogen (secondary N) is 2. The van der Waals surface area contributed by atoms with E-state index in [0.717, 1.165) is 12.1 Å². The fourth-order valence-corrected chi connectivity index (χ4v) is 4.63. The van der Waals surface area contributed by atoms with Crippen LogP contribution < -0.4 is 10.6 Å². The summed E-state index contributed by atoms with van der Waals surface area (Å²) in [4.78, 5) is 14.3. The second kappa shape index (κ2) is 11.8. The van der Waals surface area contributed by atoms with Crippen molar-refractivity contribution >= 4 is 17.3 Å². The smallest absolute Gasteiger partial charge is 0.256 e. The molecule has 1 saturated heterocycles. The average molecular weight is 526 g/mol. The highest BCUT2D eigenvalue weighted by molar-refractivity contribution is 6.01. The van der Waals surface area contributed by atoms with Gasteiger partial charge in [0.15, 0.2) is 11.6 Å². The summed E-state index contributed by atoms with van der Waals surface area (Å²) >= 11 is 0. The van der Waals surface area contributed by atoms with Crippen LogP contribution in [0, 0.1) is 30.3 Å². The van der Waals surface area contributed by atoms with Crippen molar-refractivity contribution in [1.82, 2.24) is 10.2 Å². The number of likely N-dealkylation sites (tertiary alicyclic amines) is 1. The minimum absolute atomic E-state index is 0.000832. The van der Waals surface area contributed by atoms with Gasteiger partial charge in [-0.25, -0.2) is 13.2 Å². The summed E-state index contributed by atoms with van der Waals surface area (Å²) in [5, 5.41) is 45.5. The molecule has 1 aliphatic heterocycles. The van der Waals surface area contributed by atoms with Gasteiger partial charge < -0.3 is 36.0 Å². The first-order chi connectivity index (χ1) is 17.5. The Kier molecular flexibility index (Phi) is 9.19. The van der Waals surface area contributed by atoms with E-state index in [1.807, 2.05) is 13.8 Å². The molecule has 0 aromatic heterocycles. The van der Waals surface area contributed by atoms with E-state index >= 15 is 0 Å². The van der Waals surface area contributed by atoms with E-state index in [0.29, 0.717) is 12.0 Å². The average Bonchev–Trinajstić information content (AvgIpc) is 3.14. The van der Waals surface area contributed by atoms with E-state index in [2.05, 4.69) is 10.6 Å². The molecule has 0 radical (unpaired) electrons. The van der Waals surface area contributed by atoms with E-state index in [1.54, 1.807) is 13.0 Å². The molecule has 8 nitrogen and oxygen atoms in total. The maximum Gasteiger partial charge on any atom is 0.256 e. The number of halogens is 3. The van der Waals surface area contributed by atoms with E-state index in [4.69, 9.17) is 0 Å². The Balaban J connectivity index is 0.00000186. The molecular formula is C26H34F3N3O5. The third-order valence-electron chi connectivity index (χ3n) is 6.70. The van der Waals surface area contributed by atoms with Gasteiger partial charge in [0, 0.05) is 25.1 Å². The number of aliphatic hydroxyl groups excluding tert-OH is 3. The number of anilines is 2. The Morgan fingerprint density at radius 1 is 1.08 bits per heavy atom. The predicted molar refractivity (Wildman–Crippen MR) is 132 cm³/mol. The first-order valence-electron chi connectivity index (χ1n) is 12.3. The van der Waals surface area contributed by atoms with Gasteiger partial charge in [-0.15, -0.1) is 0 Å². The quantitative estimate of drug-likeness (QED) is 0.327. The number of rotatable bonds is 7. The maximum atomic E-state index is 14.6. The van der Waals surface area contributed by atoms with Crippen molar-refractivity contribution in [3.63, 3.8) is 0 Å². The zero-order valence-corrected chi connectivity index (χ0v) is 21.0. The van der Waals surface area contributed by atoms with Gasteiger partial charge in [0.05, 0.1) is 42.2 Å². The van der Waals surface area contributed by atoms with Gasteiger partial charge in [0.1, 0.15) is 11.4 Å². The number of β-amino-alcohol motifs (C(OH)–C–C–N with tert-alkyl or cyclic N) is 1. The molecule has 1 aliphatic carbocycles. The molecular weight excluding hydrogens is 491 g/mol. The van der Waals surface area contributed by atoms with Crippen molar-refractivity contribution in [2.45, 2.75) is 51.0 Å². The first kappa shape index (κ1) is 28.9. The second-order valence-electron chi connectivity index (χ2n) is 9.42. The topological polar surface area (TPSA) is 125 Å². The number of nitrogens with zero attached hydrogens (tertiary/aromatic N) is 1. The number of benzene rings is 2. The molecule has 0 spiro atoms. The van der Waals surface area contributed by atoms with Gasteiger partial charge in [0.25, 0.3) is 5.91 Å². The summed E-state index contributed by atoms with van der Waals surface area (Å²) in [5.74, 6) is -4.39. The molecule has 37 heavy (non-hydrogen) atoms. The minimum Gasteiger partial charge on any atom is -0.396 e. The molecule has 2 aromatic rings. The van der Waals surface area contributed by atoms with Crippen LogP contribution in [0.4, 0.5) is 24.5 Å². The van der Waals surface area contributed by atoms with Crippen LogP contribution in [-0.2, 0) is 0 Å². The highest BCUT2D eigenvalue weighted by Crippen LogP contribution is 2.32. The Bertz CT molecular complexity index is 1110. The van der Waals surface area contributed by atoms with Crippen LogP contribution >= 0.6 is 0 Å². The monoisotopic (exact) mass is 525 g/mol. The molecule has 1 saturated carbocycles. The predicted octanol–water partition coefficient (Wildman–Crippen LogP) is 2.06. The number of aliphatic hydroxyl groups is 4. The summed E-state index contributed by atoms with van der Waals surface area (Å²) in [7, 11) is 0. The molecule has 11 heteroatoms. The lowest BCUT2D eigenvalue weighted by atomic mass is 9.92. The number of carbonyl (C=O) groups is 1. The zero-order chi connectivity index (χ0) is 27.5. The van der Waals surface area contributed by atoms with Crippen LogP contribution in [0.2, 0.25) is 0 Å². The first-order valence-corrected chi connectivity index (χ1v) is 12.3. The van der Waals surface area contributed by atoms with Gasteiger partial charge >= 0.3 is 0 Å². The van der Waals surface area contributed by atoms with Crippen molar-refractivity contribution in [2.75, 3.05) is 31.6 Å². The molecule has 4 unspecified atom stereocenters. The van der Waals surface area contributed by atoms with E-state index < -0.39 is 58.8 Å². The summed E-state index contributed by atoms with van der Waals surface area (Å²) < 4.78 is 42.9. The van der Waals surface area contributed by atoms with Crippen molar-refractivity contribution in [3.8, 4) is 0 Å². The molecule has 4 rings (SSSR count). The molecule has 2 aromatic carbocycles. The molecule has 2 fully saturated rings. The van der Waals surface area contributed by atoms with Gasteiger partial charge in [-0.3, -0.25) is 4.79 Å². The lowest BCUT2D eigenvalue weighted by molar-refractivity contribution is -0.0821. The lowest BCUT2D eigenvalue weighted by Gasteiger charge is -2.47. The van der Waals surface area contributed by atoms with Gasteiger partial charge in [-0.2, -0.15) is 0 Å². The van der Waals surface area contributed by atoms with Crippen LogP contribution in [0.25, 0.3) is 0 Å². The van der Waals surface area contributed by atoms with Crippen LogP contribution in [0.15, 0.2) is 30.3 Å².